The summed E-state index contributed by atoms with van der Waals surface area (Å²) in [5, 5.41) is 2.48. The fourth-order valence-corrected chi connectivity index (χ4v) is 6.03. The number of carbonyl (C=O) groups excluding carboxylic acids is 2. The average molecular weight is 577 g/mol. The molecule has 0 saturated carbocycles. The van der Waals surface area contributed by atoms with Gasteiger partial charge in [-0.25, -0.2) is 0 Å². The third-order valence-corrected chi connectivity index (χ3v) is 9.97. The number of ketones is 1. The van der Waals surface area contributed by atoms with Gasteiger partial charge in [0.05, 0.1) is 7.11 Å². The summed E-state index contributed by atoms with van der Waals surface area (Å²) in [6.45, 7) is 0. The monoisotopic (exact) mass is 579 g/mol. The van der Waals surface area contributed by atoms with Crippen LogP contribution in [-0.4, -0.2) is 71.2 Å². The number of aromatic nitrogens is 2. The fraction of sp³-hybridized carbons (Fsp3) is 0.211. The maximum absolute atomic E-state index is 12.9. The van der Waals surface area contributed by atoms with E-state index in [4.69, 9.17) is 0 Å². The van der Waals surface area contributed by atoms with Crippen LogP contribution < -0.4 is 8.90 Å². The Morgan fingerprint density at radius 1 is 1.07 bits per heavy atom. The summed E-state index contributed by atoms with van der Waals surface area (Å²) in [7, 11) is 1.28. The molecule has 0 aliphatic rings. The third kappa shape index (κ3) is 5.04. The van der Waals surface area contributed by atoms with Crippen molar-refractivity contribution in [2.75, 3.05) is 12.4 Å². The number of nitrogens with zero attached hydrogens (tertiary/aromatic N) is 1. The molecule has 0 bridgehead atoms. The number of anilines is 1. The molecule has 0 saturated heterocycles. The van der Waals surface area contributed by atoms with Crippen molar-refractivity contribution in [2.45, 2.75) is 14.8 Å². The maximum Gasteiger partial charge on any atom is 0 e. The molecule has 0 atom stereocenters. The van der Waals surface area contributed by atoms with E-state index in [1.807, 2.05) is 18.2 Å². The van der Waals surface area contributed by atoms with Gasteiger partial charge in [-0.1, -0.05) is 0 Å². The molecule has 2 aromatic carbocycles. The zero-order valence-corrected chi connectivity index (χ0v) is 21.4. The molecule has 3 aromatic rings. The summed E-state index contributed by atoms with van der Waals surface area (Å²) in [4.78, 5) is 38.4. The number of hydrogen-bond acceptors (Lipinski definition) is 4. The summed E-state index contributed by atoms with van der Waals surface area (Å²) in [6.07, 6.45) is -0.606. The Labute approximate surface area is 178 Å². The zero-order valence-electron chi connectivity index (χ0n) is 15.7. The van der Waals surface area contributed by atoms with E-state index >= 15 is 0 Å². The van der Waals surface area contributed by atoms with Gasteiger partial charge >= 0.3 is 149 Å². The number of ether oxygens (including phenoxy) is 1. The molecule has 1 heterocycles. The minimum absolute atomic E-state index is 0. The Balaban J connectivity index is 0.00000261. The number of methoxy groups -OCH3 is 1. The van der Waals surface area contributed by atoms with Gasteiger partial charge < -0.3 is 0 Å². The normalized spacial score (nSPS) is 11.0. The molecule has 27 heavy (non-hydrogen) atoms. The third-order valence-electron chi connectivity index (χ3n) is 4.14. The number of carbonyl (C=O) groups is 2. The summed E-state index contributed by atoms with van der Waals surface area (Å²) < 4.78 is 5.87. The van der Waals surface area contributed by atoms with Crippen molar-refractivity contribution in [3.63, 3.8) is 0 Å². The Bertz CT molecular complexity index is 993. The Morgan fingerprint density at radius 2 is 1.78 bits per heavy atom. The van der Waals surface area contributed by atoms with Gasteiger partial charge in [-0.05, 0) is 0 Å². The molecule has 1 amide bonds. The molecule has 8 heteroatoms. The molecular formula is C19H21N3O3Sn2. The van der Waals surface area contributed by atoms with Crippen LogP contribution in [0.3, 0.4) is 0 Å². The number of benzene rings is 2. The molecule has 0 fully saturated rings. The molecule has 0 unspecified atom stereocenters. The second kappa shape index (κ2) is 8.64. The topological polar surface area (TPSA) is 84.1 Å². The number of rotatable bonds is 4. The van der Waals surface area contributed by atoms with E-state index in [1.54, 1.807) is 18.2 Å². The van der Waals surface area contributed by atoms with E-state index < -0.39 is 24.5 Å². The Kier molecular flexibility index (Phi) is 6.96. The smallest absolute Gasteiger partial charge is 0 e. The summed E-state index contributed by atoms with van der Waals surface area (Å²) in [5.74, 6) is 0.251. The molecular weight excluding hydrogens is 556 g/mol. The number of fused-ring (bicyclic) bond motifs is 1. The van der Waals surface area contributed by atoms with Crippen molar-refractivity contribution in [1.29, 1.82) is 0 Å². The summed E-state index contributed by atoms with van der Waals surface area (Å²) in [5.41, 5.74) is 2.61. The minimum Gasteiger partial charge on any atom is 0 e. The van der Waals surface area contributed by atoms with E-state index in [-0.39, 0.29) is 35.6 Å². The first-order chi connectivity index (χ1) is 12.3. The van der Waals surface area contributed by atoms with Crippen LogP contribution in [0.5, 0.6) is 0 Å². The van der Waals surface area contributed by atoms with E-state index in [0.29, 0.717) is 22.2 Å². The number of aromatic amines is 1. The van der Waals surface area contributed by atoms with Crippen molar-refractivity contribution >= 4 is 74.7 Å². The second-order valence-electron chi connectivity index (χ2n) is 7.09. The van der Waals surface area contributed by atoms with Crippen molar-refractivity contribution in [3.8, 4) is 0 Å². The van der Waals surface area contributed by atoms with Gasteiger partial charge in [0, 0.05) is 23.9 Å². The standard InChI is InChI=1S/C16H12N3O3.3CH3.2Sn/c1-22-16(21)19-15-17-12-8-7-11(9-13(12)18-15)14(20)10-5-3-2-4-6-10;;;;;/h2-3,5-9H,1H3,(H2,17,18,19,21);3*1H3;;. The van der Waals surface area contributed by atoms with Crippen LogP contribution in [-0.2, 0) is 4.74 Å². The van der Waals surface area contributed by atoms with Gasteiger partial charge in [0.25, 0.3) is 0 Å². The number of imidazole rings is 1. The van der Waals surface area contributed by atoms with Crippen LogP contribution in [0.4, 0.5) is 10.7 Å². The molecule has 2 N–H and O–H groups in total. The van der Waals surface area contributed by atoms with Crippen molar-refractivity contribution in [2.24, 2.45) is 0 Å². The van der Waals surface area contributed by atoms with Crippen molar-refractivity contribution in [1.82, 2.24) is 9.97 Å². The number of H-pyrrole nitrogens is 1. The van der Waals surface area contributed by atoms with E-state index in [2.05, 4.69) is 40.9 Å². The quantitative estimate of drug-likeness (QED) is 0.369. The zero-order chi connectivity index (χ0) is 18.9. The van der Waals surface area contributed by atoms with Crippen LogP contribution >= 0.6 is 0 Å². The Morgan fingerprint density at radius 3 is 2.44 bits per heavy atom. The van der Waals surface area contributed by atoms with Crippen LogP contribution in [0.25, 0.3) is 11.0 Å². The SMILES string of the molecule is COC(=O)Nc1nc2ccc(C(=O)c3ccc[c]([Sn]([CH3])([CH3])[CH3])c3)cc2[nH]1.[Sn]. The Hall–Kier alpha value is -1.55. The number of nitrogens with one attached hydrogen (secondary N) is 2. The largest absolute Gasteiger partial charge is 0 e. The van der Waals surface area contributed by atoms with E-state index in [0.717, 1.165) is 0 Å². The number of amides is 1. The molecule has 4 radical (unpaired) electrons. The van der Waals surface area contributed by atoms with Gasteiger partial charge in [-0.15, -0.1) is 0 Å². The van der Waals surface area contributed by atoms with Gasteiger partial charge in [0.1, 0.15) is 0 Å². The molecule has 3 rings (SSSR count). The summed E-state index contributed by atoms with van der Waals surface area (Å²) in [6, 6.07) is 13.2. The van der Waals surface area contributed by atoms with Crippen LogP contribution in [0.15, 0.2) is 42.5 Å². The minimum atomic E-state index is -2.24. The predicted octanol–water partition coefficient (Wildman–Crippen LogP) is 3.14. The van der Waals surface area contributed by atoms with E-state index in [1.165, 1.54) is 10.7 Å². The molecule has 0 aliphatic carbocycles. The molecule has 6 nitrogen and oxygen atoms in total. The first-order valence-electron chi connectivity index (χ1n) is 8.28. The number of hydrogen-bond donors (Lipinski definition) is 2. The van der Waals surface area contributed by atoms with Gasteiger partial charge in [-0.3, -0.25) is 0 Å². The van der Waals surface area contributed by atoms with Crippen molar-refractivity contribution < 1.29 is 14.3 Å². The van der Waals surface area contributed by atoms with E-state index in [9.17, 15) is 9.59 Å². The van der Waals surface area contributed by atoms with Crippen molar-refractivity contribution in [3.05, 3.63) is 53.6 Å². The van der Waals surface area contributed by atoms with Crippen LogP contribution in [0.2, 0.25) is 14.8 Å². The molecule has 0 aliphatic heterocycles. The summed E-state index contributed by atoms with van der Waals surface area (Å²) >= 11 is -2.24. The first kappa shape index (κ1) is 21.7. The first-order valence-corrected chi connectivity index (χ1v) is 18.3. The molecule has 138 valence electrons. The van der Waals surface area contributed by atoms with Gasteiger partial charge in [0.15, 0.2) is 0 Å². The maximum atomic E-state index is 12.9. The molecule has 1 aromatic heterocycles. The second-order valence-corrected chi connectivity index (χ2v) is 21.6. The predicted molar refractivity (Wildman–Crippen MR) is 111 cm³/mol. The fourth-order valence-electron chi connectivity index (χ4n) is 2.65. The van der Waals surface area contributed by atoms with Crippen LogP contribution in [0.1, 0.15) is 15.9 Å². The van der Waals surface area contributed by atoms with Gasteiger partial charge in [0.2, 0.25) is 0 Å². The van der Waals surface area contributed by atoms with Crippen LogP contribution in [0, 0.1) is 0 Å². The van der Waals surface area contributed by atoms with Gasteiger partial charge in [-0.2, -0.15) is 0 Å². The molecule has 0 spiro atoms. The average Bonchev–Trinajstić information content (AvgIpc) is 3.01.